The lowest BCUT2D eigenvalue weighted by molar-refractivity contribution is -0.114. The van der Waals surface area contributed by atoms with E-state index in [1.165, 1.54) is 0 Å². The topological polar surface area (TPSA) is 106 Å². The Balaban J connectivity index is 1.94. The fourth-order valence-corrected chi connectivity index (χ4v) is 1.68. The number of allylic oxidation sites excluding steroid dienone is 1. The lowest BCUT2D eigenvalue weighted by Gasteiger charge is -2.08. The molecule has 0 heterocycles. The second kappa shape index (κ2) is 6.63. The van der Waals surface area contributed by atoms with Crippen LogP contribution in [0.2, 0.25) is 0 Å². The van der Waals surface area contributed by atoms with E-state index < -0.39 is 0 Å². The molecule has 0 radical (unpaired) electrons. The summed E-state index contributed by atoms with van der Waals surface area (Å²) in [5, 5.41) is 11.0. The van der Waals surface area contributed by atoms with E-state index in [0.29, 0.717) is 5.69 Å². The molecule has 0 saturated heterocycles. The molecule has 0 spiro atoms. The van der Waals surface area contributed by atoms with E-state index in [-0.39, 0.29) is 18.5 Å². The lowest BCUT2D eigenvalue weighted by Crippen LogP contribution is -2.21. The van der Waals surface area contributed by atoms with Gasteiger partial charge in [-0.3, -0.25) is 4.79 Å². The first-order chi connectivity index (χ1) is 9.67. The molecular weight excluding hydrogens is 254 g/mol. The standard InChI is InChI=1S/C14H17N5O/c15-9-14(20)17-11-5-7-13(8-6-11)19-18-12-3-1-10(16)2-4-12/h1-3,5-8,12H,4,9,15-16H2,(H,17,20). The average Bonchev–Trinajstić information content (AvgIpc) is 2.48. The minimum atomic E-state index is -0.226. The summed E-state index contributed by atoms with van der Waals surface area (Å²) in [6.07, 6.45) is 6.44. The van der Waals surface area contributed by atoms with Gasteiger partial charge < -0.3 is 16.8 Å². The van der Waals surface area contributed by atoms with Crippen LogP contribution in [0.5, 0.6) is 0 Å². The number of carbonyl (C=O) groups is 1. The molecule has 1 aromatic carbocycles. The van der Waals surface area contributed by atoms with Gasteiger partial charge in [0.25, 0.3) is 0 Å². The zero-order valence-electron chi connectivity index (χ0n) is 11.0. The largest absolute Gasteiger partial charge is 0.399 e. The van der Waals surface area contributed by atoms with E-state index in [1.807, 2.05) is 18.2 Å². The molecule has 1 unspecified atom stereocenters. The molecule has 0 fully saturated rings. The van der Waals surface area contributed by atoms with Gasteiger partial charge in [-0.2, -0.15) is 10.2 Å². The Bertz CT molecular complexity index is 559. The summed E-state index contributed by atoms with van der Waals surface area (Å²) in [7, 11) is 0. The van der Waals surface area contributed by atoms with Crippen molar-refractivity contribution in [3.8, 4) is 0 Å². The van der Waals surface area contributed by atoms with Gasteiger partial charge >= 0.3 is 0 Å². The summed E-state index contributed by atoms with van der Waals surface area (Å²) in [4.78, 5) is 11.1. The molecule has 0 aromatic heterocycles. The Kier molecular flexibility index (Phi) is 4.62. The summed E-state index contributed by atoms with van der Waals surface area (Å²) < 4.78 is 0. The first-order valence-corrected chi connectivity index (χ1v) is 6.32. The van der Waals surface area contributed by atoms with Crippen molar-refractivity contribution in [2.24, 2.45) is 21.7 Å². The second-order valence-electron chi connectivity index (χ2n) is 4.38. The van der Waals surface area contributed by atoms with Gasteiger partial charge in [0.15, 0.2) is 0 Å². The Hall–Kier alpha value is -2.47. The van der Waals surface area contributed by atoms with Gasteiger partial charge in [0.05, 0.1) is 18.3 Å². The van der Waals surface area contributed by atoms with Crippen LogP contribution in [0.15, 0.2) is 58.4 Å². The van der Waals surface area contributed by atoms with Gasteiger partial charge in [-0.1, -0.05) is 12.2 Å². The van der Waals surface area contributed by atoms with E-state index in [2.05, 4.69) is 15.5 Å². The normalized spacial score (nSPS) is 18.1. The first-order valence-electron chi connectivity index (χ1n) is 6.32. The van der Waals surface area contributed by atoms with Crippen LogP contribution in [0.4, 0.5) is 11.4 Å². The quantitative estimate of drug-likeness (QED) is 0.727. The first kappa shape index (κ1) is 14.0. The molecule has 0 saturated carbocycles. The van der Waals surface area contributed by atoms with Crippen LogP contribution in [0.25, 0.3) is 0 Å². The molecule has 104 valence electrons. The Morgan fingerprint density at radius 1 is 1.35 bits per heavy atom. The molecule has 1 aromatic rings. The number of hydrogen-bond donors (Lipinski definition) is 3. The molecule has 1 amide bonds. The van der Waals surface area contributed by atoms with Crippen LogP contribution in [-0.2, 0) is 4.79 Å². The summed E-state index contributed by atoms with van der Waals surface area (Å²) >= 11 is 0. The lowest BCUT2D eigenvalue weighted by atomic mass is 10.1. The Labute approximate surface area is 117 Å². The second-order valence-corrected chi connectivity index (χ2v) is 4.38. The summed E-state index contributed by atoms with van der Waals surface area (Å²) in [6, 6.07) is 7.12. The fourth-order valence-electron chi connectivity index (χ4n) is 1.68. The number of amides is 1. The van der Waals surface area contributed by atoms with Crippen LogP contribution in [0.3, 0.4) is 0 Å². The third-order valence-electron chi connectivity index (χ3n) is 2.76. The Morgan fingerprint density at radius 3 is 2.70 bits per heavy atom. The predicted octanol–water partition coefficient (Wildman–Crippen LogP) is 1.84. The molecular formula is C14H17N5O. The maximum Gasteiger partial charge on any atom is 0.238 e. The fraction of sp³-hybridized carbons (Fsp3) is 0.214. The number of carbonyl (C=O) groups excluding carboxylic acids is 1. The van der Waals surface area contributed by atoms with Crippen molar-refractivity contribution in [1.29, 1.82) is 0 Å². The molecule has 6 heteroatoms. The number of benzene rings is 1. The van der Waals surface area contributed by atoms with E-state index in [9.17, 15) is 4.79 Å². The smallest absolute Gasteiger partial charge is 0.238 e. The van der Waals surface area contributed by atoms with E-state index in [1.54, 1.807) is 24.3 Å². The highest BCUT2D eigenvalue weighted by molar-refractivity contribution is 5.92. The number of nitrogens with zero attached hydrogens (tertiary/aromatic N) is 2. The zero-order valence-corrected chi connectivity index (χ0v) is 11.0. The molecule has 1 atom stereocenters. The van der Waals surface area contributed by atoms with Gasteiger partial charge in [-0.05, 0) is 36.8 Å². The third kappa shape index (κ3) is 4.03. The van der Waals surface area contributed by atoms with Crippen molar-refractivity contribution in [3.05, 3.63) is 48.2 Å². The third-order valence-corrected chi connectivity index (χ3v) is 2.76. The molecule has 6 nitrogen and oxygen atoms in total. The van der Waals surface area contributed by atoms with Crippen molar-refractivity contribution in [3.63, 3.8) is 0 Å². The highest BCUT2D eigenvalue weighted by Gasteiger charge is 2.05. The molecule has 0 aliphatic heterocycles. The molecule has 0 bridgehead atoms. The van der Waals surface area contributed by atoms with Crippen LogP contribution in [-0.4, -0.2) is 18.5 Å². The van der Waals surface area contributed by atoms with Crippen molar-refractivity contribution in [2.45, 2.75) is 12.5 Å². The maximum absolute atomic E-state index is 11.1. The van der Waals surface area contributed by atoms with E-state index in [0.717, 1.165) is 17.8 Å². The number of azo groups is 1. The number of rotatable bonds is 4. The minimum Gasteiger partial charge on any atom is -0.399 e. The van der Waals surface area contributed by atoms with Gasteiger partial charge in [-0.25, -0.2) is 0 Å². The zero-order chi connectivity index (χ0) is 14.4. The Morgan fingerprint density at radius 2 is 2.10 bits per heavy atom. The maximum atomic E-state index is 11.1. The number of nitrogens with one attached hydrogen (secondary N) is 1. The van der Waals surface area contributed by atoms with E-state index >= 15 is 0 Å². The van der Waals surface area contributed by atoms with Crippen molar-refractivity contribution >= 4 is 17.3 Å². The summed E-state index contributed by atoms with van der Waals surface area (Å²) in [6.45, 7) is -0.0356. The van der Waals surface area contributed by atoms with Crippen molar-refractivity contribution in [1.82, 2.24) is 0 Å². The van der Waals surface area contributed by atoms with Crippen LogP contribution in [0, 0.1) is 0 Å². The van der Waals surface area contributed by atoms with Crippen molar-refractivity contribution in [2.75, 3.05) is 11.9 Å². The number of nitrogens with two attached hydrogens (primary N) is 2. The summed E-state index contributed by atoms with van der Waals surface area (Å²) in [5.41, 5.74) is 13.0. The average molecular weight is 271 g/mol. The molecule has 5 N–H and O–H groups in total. The molecule has 2 rings (SSSR count). The molecule has 20 heavy (non-hydrogen) atoms. The minimum absolute atomic E-state index is 0.0268. The number of hydrogen-bond acceptors (Lipinski definition) is 5. The van der Waals surface area contributed by atoms with E-state index in [4.69, 9.17) is 11.5 Å². The van der Waals surface area contributed by atoms with Gasteiger partial charge in [0.2, 0.25) is 5.91 Å². The van der Waals surface area contributed by atoms with Crippen LogP contribution < -0.4 is 16.8 Å². The van der Waals surface area contributed by atoms with Gasteiger partial charge in [0.1, 0.15) is 0 Å². The summed E-state index contributed by atoms with van der Waals surface area (Å²) in [5.74, 6) is -0.226. The van der Waals surface area contributed by atoms with Crippen LogP contribution in [0.1, 0.15) is 6.42 Å². The van der Waals surface area contributed by atoms with Crippen LogP contribution >= 0.6 is 0 Å². The highest BCUT2D eigenvalue weighted by atomic mass is 16.1. The molecule has 1 aliphatic rings. The van der Waals surface area contributed by atoms with Gasteiger partial charge in [-0.15, -0.1) is 0 Å². The molecule has 1 aliphatic carbocycles. The monoisotopic (exact) mass is 271 g/mol. The van der Waals surface area contributed by atoms with Gasteiger partial charge in [0, 0.05) is 11.4 Å². The SMILES string of the molecule is NCC(=O)Nc1ccc(N=NC2C=CC(N)=CC2)cc1. The number of anilines is 1. The van der Waals surface area contributed by atoms with Crippen molar-refractivity contribution < 1.29 is 4.79 Å². The highest BCUT2D eigenvalue weighted by Crippen LogP contribution is 2.18. The predicted molar refractivity (Wildman–Crippen MR) is 78.5 cm³/mol.